The van der Waals surface area contributed by atoms with Crippen molar-refractivity contribution in [3.8, 4) is 0 Å². The zero-order valence-corrected chi connectivity index (χ0v) is 13.2. The number of methoxy groups -OCH3 is 1. The molecule has 7 nitrogen and oxygen atoms in total. The Morgan fingerprint density at radius 3 is 2.50 bits per heavy atom. The van der Waals surface area contributed by atoms with Crippen LogP contribution in [0.2, 0.25) is 0 Å². The van der Waals surface area contributed by atoms with Crippen molar-refractivity contribution in [3.63, 3.8) is 0 Å². The Bertz CT molecular complexity index is 659. The van der Waals surface area contributed by atoms with Crippen molar-refractivity contribution in [2.45, 2.75) is 12.6 Å². The van der Waals surface area contributed by atoms with Crippen molar-refractivity contribution in [1.82, 2.24) is 9.21 Å². The molecule has 0 bridgehead atoms. The Balaban J connectivity index is 2.22. The minimum Gasteiger partial charge on any atom is -0.468 e. The summed E-state index contributed by atoms with van der Waals surface area (Å²) < 4.78 is 29.1. The van der Waals surface area contributed by atoms with Crippen molar-refractivity contribution in [2.75, 3.05) is 26.5 Å². The summed E-state index contributed by atoms with van der Waals surface area (Å²) in [6.07, 6.45) is 0.975. The van der Waals surface area contributed by atoms with Gasteiger partial charge in [0, 0.05) is 13.1 Å². The summed E-state index contributed by atoms with van der Waals surface area (Å²) in [5.74, 6) is -1.01. The van der Waals surface area contributed by atoms with Crippen LogP contribution in [0.3, 0.4) is 0 Å². The van der Waals surface area contributed by atoms with Gasteiger partial charge in [0.15, 0.2) is 0 Å². The number of nitrogens with zero attached hydrogens (tertiary/aromatic N) is 2. The van der Waals surface area contributed by atoms with Gasteiger partial charge in [-0.15, -0.1) is 0 Å². The van der Waals surface area contributed by atoms with E-state index >= 15 is 0 Å². The maximum absolute atomic E-state index is 12.2. The molecular formula is C14H18N2O5S. The fourth-order valence-corrected chi connectivity index (χ4v) is 3.34. The molecule has 0 aromatic heterocycles. The molecule has 22 heavy (non-hydrogen) atoms. The third-order valence-electron chi connectivity index (χ3n) is 3.50. The number of rotatable bonds is 4. The first-order valence-corrected chi connectivity index (χ1v) is 8.54. The zero-order valence-electron chi connectivity index (χ0n) is 12.4. The standard InChI is InChI=1S/C14H18N2O5S/c1-21-14(18)12-9-15(8-11-6-4-3-5-7-11)13(17)10-16(12)22(2,19)20/h3-7,12H,8-10H2,1-2H3. The number of carbonyl (C=O) groups excluding carboxylic acids is 2. The lowest BCUT2D eigenvalue weighted by atomic mass is 10.1. The molecule has 0 aliphatic carbocycles. The summed E-state index contributed by atoms with van der Waals surface area (Å²) in [4.78, 5) is 25.5. The van der Waals surface area contributed by atoms with E-state index in [1.165, 1.54) is 12.0 Å². The van der Waals surface area contributed by atoms with Gasteiger partial charge in [-0.2, -0.15) is 4.31 Å². The van der Waals surface area contributed by atoms with E-state index in [1.54, 1.807) is 0 Å². The Morgan fingerprint density at radius 1 is 1.32 bits per heavy atom. The first-order valence-electron chi connectivity index (χ1n) is 6.69. The summed E-state index contributed by atoms with van der Waals surface area (Å²) in [6, 6.07) is 8.28. The average molecular weight is 326 g/mol. The van der Waals surface area contributed by atoms with Gasteiger partial charge in [-0.3, -0.25) is 9.59 Å². The summed E-state index contributed by atoms with van der Waals surface area (Å²) in [7, 11) is -2.48. The van der Waals surface area contributed by atoms with Gasteiger partial charge in [0.1, 0.15) is 6.04 Å². The van der Waals surface area contributed by atoms with Crippen LogP contribution in [0.1, 0.15) is 5.56 Å². The van der Waals surface area contributed by atoms with Crippen LogP contribution in [0, 0.1) is 0 Å². The quantitative estimate of drug-likeness (QED) is 0.718. The van der Waals surface area contributed by atoms with Gasteiger partial charge in [-0.1, -0.05) is 30.3 Å². The molecule has 2 rings (SSSR count). The number of benzene rings is 1. The van der Waals surface area contributed by atoms with Crippen LogP contribution in [-0.4, -0.2) is 62.0 Å². The molecule has 0 N–H and O–H groups in total. The number of hydrogen-bond acceptors (Lipinski definition) is 5. The first kappa shape index (κ1) is 16.4. The molecule has 1 fully saturated rings. The maximum Gasteiger partial charge on any atom is 0.326 e. The molecular weight excluding hydrogens is 308 g/mol. The molecule has 1 aromatic carbocycles. The van der Waals surface area contributed by atoms with Gasteiger partial charge in [0.25, 0.3) is 0 Å². The number of esters is 1. The summed E-state index contributed by atoms with van der Waals surface area (Å²) in [6.45, 7) is -0.0519. The molecule has 1 unspecified atom stereocenters. The van der Waals surface area contributed by atoms with Crippen molar-refractivity contribution >= 4 is 21.9 Å². The lowest BCUT2D eigenvalue weighted by Crippen LogP contribution is -2.60. The number of ether oxygens (including phenoxy) is 1. The highest BCUT2D eigenvalue weighted by Crippen LogP contribution is 2.18. The highest BCUT2D eigenvalue weighted by atomic mass is 32.2. The van der Waals surface area contributed by atoms with E-state index < -0.39 is 22.0 Å². The molecule has 1 aliphatic heterocycles. The van der Waals surface area contributed by atoms with Crippen LogP contribution in [-0.2, 0) is 30.9 Å². The second-order valence-corrected chi connectivity index (χ2v) is 7.04. The molecule has 8 heteroatoms. The smallest absolute Gasteiger partial charge is 0.326 e. The predicted octanol–water partition coefficient (Wildman–Crippen LogP) is -0.168. The van der Waals surface area contributed by atoms with E-state index in [9.17, 15) is 18.0 Å². The lowest BCUT2D eigenvalue weighted by Gasteiger charge is -2.37. The normalized spacial score (nSPS) is 20.0. The highest BCUT2D eigenvalue weighted by molar-refractivity contribution is 7.88. The molecule has 1 heterocycles. The number of amides is 1. The summed E-state index contributed by atoms with van der Waals surface area (Å²) in [5.41, 5.74) is 0.910. The molecule has 120 valence electrons. The Kier molecular flexibility index (Phi) is 4.82. The second kappa shape index (κ2) is 6.45. The van der Waals surface area contributed by atoms with Crippen LogP contribution in [0.4, 0.5) is 0 Å². The molecule has 1 aromatic rings. The average Bonchev–Trinajstić information content (AvgIpc) is 2.48. The van der Waals surface area contributed by atoms with Crippen LogP contribution < -0.4 is 0 Å². The van der Waals surface area contributed by atoms with Crippen molar-refractivity contribution in [1.29, 1.82) is 0 Å². The summed E-state index contributed by atoms with van der Waals surface area (Å²) >= 11 is 0. The van der Waals surface area contributed by atoms with E-state index in [-0.39, 0.29) is 19.0 Å². The van der Waals surface area contributed by atoms with Crippen LogP contribution in [0.25, 0.3) is 0 Å². The van der Waals surface area contributed by atoms with Gasteiger partial charge in [-0.05, 0) is 5.56 Å². The highest BCUT2D eigenvalue weighted by Gasteiger charge is 2.41. The van der Waals surface area contributed by atoms with Crippen LogP contribution in [0.5, 0.6) is 0 Å². The number of sulfonamides is 1. The third kappa shape index (κ3) is 3.63. The van der Waals surface area contributed by atoms with Crippen LogP contribution >= 0.6 is 0 Å². The van der Waals surface area contributed by atoms with E-state index in [4.69, 9.17) is 0 Å². The van der Waals surface area contributed by atoms with Crippen molar-refractivity contribution < 1.29 is 22.7 Å². The molecule has 1 aliphatic rings. The third-order valence-corrected chi connectivity index (χ3v) is 4.74. The number of hydrogen-bond donors (Lipinski definition) is 0. The van der Waals surface area contributed by atoms with Crippen molar-refractivity contribution in [3.05, 3.63) is 35.9 Å². The molecule has 0 saturated carbocycles. The maximum atomic E-state index is 12.2. The monoisotopic (exact) mass is 326 g/mol. The first-order chi connectivity index (χ1) is 10.3. The van der Waals surface area contributed by atoms with Gasteiger partial charge >= 0.3 is 5.97 Å². The summed E-state index contributed by atoms with van der Waals surface area (Å²) in [5, 5.41) is 0. The van der Waals surface area contributed by atoms with Gasteiger partial charge in [0.05, 0.1) is 19.9 Å². The lowest BCUT2D eigenvalue weighted by molar-refractivity contribution is -0.151. The minimum absolute atomic E-state index is 0.0204. The van der Waals surface area contributed by atoms with E-state index in [1.807, 2.05) is 30.3 Å². The Labute approximate surface area is 129 Å². The fraction of sp³-hybridized carbons (Fsp3) is 0.429. The van der Waals surface area contributed by atoms with Gasteiger partial charge < -0.3 is 9.64 Å². The molecule has 1 amide bonds. The van der Waals surface area contributed by atoms with Crippen LogP contribution in [0.15, 0.2) is 30.3 Å². The Morgan fingerprint density at radius 2 is 1.95 bits per heavy atom. The van der Waals surface area contributed by atoms with E-state index in [2.05, 4.69) is 4.74 Å². The molecule has 0 spiro atoms. The number of carbonyl (C=O) groups is 2. The SMILES string of the molecule is COC(=O)C1CN(Cc2ccccc2)C(=O)CN1S(C)(=O)=O. The van der Waals surface area contributed by atoms with E-state index in [0.29, 0.717) is 6.54 Å². The topological polar surface area (TPSA) is 84.0 Å². The zero-order chi connectivity index (χ0) is 16.3. The molecule has 1 atom stereocenters. The Hall–Kier alpha value is -1.93. The molecule has 1 saturated heterocycles. The minimum atomic E-state index is -3.67. The second-order valence-electron chi connectivity index (χ2n) is 5.11. The van der Waals surface area contributed by atoms with Crippen molar-refractivity contribution in [2.24, 2.45) is 0 Å². The largest absolute Gasteiger partial charge is 0.468 e. The fourth-order valence-electron chi connectivity index (χ4n) is 2.38. The van der Waals surface area contributed by atoms with Gasteiger partial charge in [0.2, 0.25) is 15.9 Å². The molecule has 0 radical (unpaired) electrons. The van der Waals surface area contributed by atoms with Gasteiger partial charge in [-0.25, -0.2) is 8.42 Å². The predicted molar refractivity (Wildman–Crippen MR) is 79.2 cm³/mol. The number of piperazine rings is 1. The van der Waals surface area contributed by atoms with E-state index in [0.717, 1.165) is 16.1 Å².